The number of pyridine rings is 1. The van der Waals surface area contributed by atoms with Crippen LogP contribution in [0.25, 0.3) is 10.2 Å². The maximum Gasteiger partial charge on any atom is 0.261 e. The number of thioether (sulfide) groups is 1. The molecule has 0 unspecified atom stereocenters. The van der Waals surface area contributed by atoms with Crippen molar-refractivity contribution in [1.82, 2.24) is 9.97 Å². The molecule has 1 amide bonds. The highest BCUT2D eigenvalue weighted by Crippen LogP contribution is 2.33. The molecule has 2 heterocycles. The number of carbonyl (C=O) groups excluding carboxylic acids is 1. The second-order valence-corrected chi connectivity index (χ2v) is 9.00. The summed E-state index contributed by atoms with van der Waals surface area (Å²) in [5, 5.41) is 1.29. The van der Waals surface area contributed by atoms with Crippen molar-refractivity contribution in [3.05, 3.63) is 83.1 Å². The average Bonchev–Trinajstić information content (AvgIpc) is 3.16. The second kappa shape index (κ2) is 8.95. The lowest BCUT2D eigenvalue weighted by molar-refractivity contribution is 0.0982. The van der Waals surface area contributed by atoms with Crippen LogP contribution in [0.4, 0.5) is 5.13 Å². The Balaban J connectivity index is 1.78. The van der Waals surface area contributed by atoms with E-state index in [0.717, 1.165) is 26.6 Å². The zero-order chi connectivity index (χ0) is 20.2. The van der Waals surface area contributed by atoms with Crippen molar-refractivity contribution in [2.45, 2.75) is 18.4 Å². The number of benzene rings is 2. The van der Waals surface area contributed by atoms with E-state index in [0.29, 0.717) is 22.3 Å². The Hall–Kier alpha value is -2.41. The van der Waals surface area contributed by atoms with Gasteiger partial charge in [0.2, 0.25) is 0 Å². The van der Waals surface area contributed by atoms with E-state index in [9.17, 15) is 4.79 Å². The van der Waals surface area contributed by atoms with Gasteiger partial charge in [-0.15, -0.1) is 11.8 Å². The van der Waals surface area contributed by atoms with Crippen LogP contribution in [-0.2, 0) is 6.54 Å². The number of aromatic nitrogens is 2. The van der Waals surface area contributed by atoms with Crippen molar-refractivity contribution in [3.8, 4) is 0 Å². The minimum Gasteiger partial charge on any atom is -0.278 e. The third-order valence-corrected chi connectivity index (χ3v) is 6.51. The van der Waals surface area contributed by atoms with Crippen molar-refractivity contribution in [1.29, 1.82) is 0 Å². The van der Waals surface area contributed by atoms with Crippen molar-refractivity contribution >= 4 is 56.0 Å². The van der Waals surface area contributed by atoms with E-state index in [1.165, 1.54) is 11.3 Å². The Morgan fingerprint density at radius 3 is 2.76 bits per heavy atom. The lowest BCUT2D eigenvalue weighted by Gasteiger charge is -2.21. The number of carbonyl (C=O) groups is 1. The van der Waals surface area contributed by atoms with Crippen LogP contribution < -0.4 is 4.90 Å². The first-order valence-electron chi connectivity index (χ1n) is 9.15. The molecule has 7 heteroatoms. The molecule has 2 aromatic heterocycles. The molecule has 0 spiro atoms. The fourth-order valence-corrected chi connectivity index (χ4v) is 4.99. The van der Waals surface area contributed by atoms with Gasteiger partial charge in [-0.05, 0) is 48.2 Å². The highest BCUT2D eigenvalue weighted by Gasteiger charge is 2.24. The molecule has 0 aliphatic carbocycles. The van der Waals surface area contributed by atoms with Gasteiger partial charge in [0, 0.05) is 16.1 Å². The summed E-state index contributed by atoms with van der Waals surface area (Å²) in [6.07, 6.45) is 1.73. The molecule has 0 bridgehead atoms. The molecule has 29 heavy (non-hydrogen) atoms. The van der Waals surface area contributed by atoms with Crippen LogP contribution in [0.2, 0.25) is 5.02 Å². The van der Waals surface area contributed by atoms with E-state index in [4.69, 9.17) is 16.6 Å². The molecule has 2 aromatic carbocycles. The van der Waals surface area contributed by atoms with E-state index in [1.54, 1.807) is 22.9 Å². The molecule has 0 saturated heterocycles. The van der Waals surface area contributed by atoms with Crippen LogP contribution in [0.3, 0.4) is 0 Å². The van der Waals surface area contributed by atoms with Gasteiger partial charge in [0.1, 0.15) is 0 Å². The monoisotopic (exact) mass is 439 g/mol. The quantitative estimate of drug-likeness (QED) is 0.330. The number of hydrogen-bond acceptors (Lipinski definition) is 5. The molecule has 0 saturated carbocycles. The number of anilines is 1. The molecule has 4 nitrogen and oxygen atoms in total. The van der Waals surface area contributed by atoms with Gasteiger partial charge in [0.05, 0.1) is 28.0 Å². The second-order valence-electron chi connectivity index (χ2n) is 6.25. The Bertz CT molecular complexity index is 1150. The zero-order valence-corrected chi connectivity index (χ0v) is 18.1. The summed E-state index contributed by atoms with van der Waals surface area (Å²) in [4.78, 5) is 25.4. The van der Waals surface area contributed by atoms with Gasteiger partial charge < -0.3 is 0 Å². The van der Waals surface area contributed by atoms with Crippen LogP contribution in [0.15, 0.2) is 71.8 Å². The van der Waals surface area contributed by atoms with Gasteiger partial charge in [0.25, 0.3) is 5.91 Å². The molecule has 4 rings (SSSR count). The molecule has 0 N–H and O–H groups in total. The lowest BCUT2D eigenvalue weighted by atomic mass is 10.2. The zero-order valence-electron chi connectivity index (χ0n) is 15.7. The predicted octanol–water partition coefficient (Wildman–Crippen LogP) is 6.30. The highest BCUT2D eigenvalue weighted by molar-refractivity contribution is 7.99. The summed E-state index contributed by atoms with van der Waals surface area (Å²) in [6.45, 7) is 2.42. The number of thiazole rings is 1. The molecular weight excluding hydrogens is 422 g/mol. The lowest BCUT2D eigenvalue weighted by Crippen LogP contribution is -2.31. The number of fused-ring (bicyclic) bond motifs is 1. The summed E-state index contributed by atoms with van der Waals surface area (Å²) in [6, 6.07) is 19.0. The van der Waals surface area contributed by atoms with Gasteiger partial charge in [0.15, 0.2) is 5.13 Å². The molecule has 0 atom stereocenters. The average molecular weight is 440 g/mol. The molecule has 0 radical (unpaired) electrons. The smallest absolute Gasteiger partial charge is 0.261 e. The summed E-state index contributed by atoms with van der Waals surface area (Å²) < 4.78 is 0.947. The van der Waals surface area contributed by atoms with Gasteiger partial charge >= 0.3 is 0 Å². The van der Waals surface area contributed by atoms with Crippen LogP contribution in [0.1, 0.15) is 23.0 Å². The number of nitrogens with zero attached hydrogens (tertiary/aromatic N) is 3. The van der Waals surface area contributed by atoms with Crippen molar-refractivity contribution < 1.29 is 4.79 Å². The topological polar surface area (TPSA) is 46.1 Å². The molecule has 0 fully saturated rings. The Morgan fingerprint density at radius 2 is 1.97 bits per heavy atom. The van der Waals surface area contributed by atoms with E-state index >= 15 is 0 Å². The minimum atomic E-state index is -0.0858. The van der Waals surface area contributed by atoms with Gasteiger partial charge in [-0.2, -0.15) is 0 Å². The summed E-state index contributed by atoms with van der Waals surface area (Å²) >= 11 is 9.25. The summed E-state index contributed by atoms with van der Waals surface area (Å²) in [5.41, 5.74) is 2.30. The fourth-order valence-electron chi connectivity index (χ4n) is 2.95. The van der Waals surface area contributed by atoms with Crippen LogP contribution in [-0.4, -0.2) is 21.6 Å². The molecular formula is C22H18ClN3OS2. The first-order valence-corrected chi connectivity index (χ1v) is 11.3. The Labute approximate surface area is 182 Å². The van der Waals surface area contributed by atoms with Crippen LogP contribution in [0, 0.1) is 0 Å². The van der Waals surface area contributed by atoms with Crippen LogP contribution >= 0.6 is 34.7 Å². The van der Waals surface area contributed by atoms with Crippen molar-refractivity contribution in [3.63, 3.8) is 0 Å². The maximum atomic E-state index is 13.6. The van der Waals surface area contributed by atoms with Crippen LogP contribution in [0.5, 0.6) is 0 Å². The largest absolute Gasteiger partial charge is 0.278 e. The van der Waals surface area contributed by atoms with Gasteiger partial charge in [-0.3, -0.25) is 14.7 Å². The van der Waals surface area contributed by atoms with Gasteiger partial charge in [-0.25, -0.2) is 4.98 Å². The number of rotatable bonds is 6. The first kappa shape index (κ1) is 19.9. The predicted molar refractivity (Wildman–Crippen MR) is 122 cm³/mol. The Morgan fingerprint density at radius 1 is 1.14 bits per heavy atom. The van der Waals surface area contributed by atoms with Crippen molar-refractivity contribution in [2.75, 3.05) is 10.7 Å². The minimum absolute atomic E-state index is 0.0858. The number of amides is 1. The highest BCUT2D eigenvalue weighted by atomic mass is 35.5. The fraction of sp³-hybridized carbons (Fsp3) is 0.136. The standard InChI is InChI=1S/C22H18ClN3OS2/c1-2-28-19-9-4-3-8-17(19)21(27)26(14-16-7-5-6-12-24-16)22-25-18-11-10-15(23)13-20(18)29-22/h3-13H,2,14H2,1H3. The molecule has 146 valence electrons. The third-order valence-electron chi connectivity index (χ3n) is 4.28. The SMILES string of the molecule is CCSc1ccccc1C(=O)N(Cc1ccccn1)c1nc2ccc(Cl)cc2s1. The summed E-state index contributed by atoms with van der Waals surface area (Å²) in [7, 11) is 0. The number of halogens is 1. The van der Waals surface area contributed by atoms with E-state index in [-0.39, 0.29) is 5.91 Å². The van der Waals surface area contributed by atoms with E-state index in [1.807, 2.05) is 60.7 Å². The van der Waals surface area contributed by atoms with E-state index < -0.39 is 0 Å². The number of hydrogen-bond donors (Lipinski definition) is 0. The molecule has 4 aromatic rings. The molecule has 0 aliphatic heterocycles. The maximum absolute atomic E-state index is 13.6. The van der Waals surface area contributed by atoms with Crippen molar-refractivity contribution in [2.24, 2.45) is 0 Å². The van der Waals surface area contributed by atoms with Gasteiger partial charge in [-0.1, -0.05) is 48.1 Å². The Kier molecular flexibility index (Phi) is 6.13. The molecule has 0 aliphatic rings. The summed E-state index contributed by atoms with van der Waals surface area (Å²) in [5.74, 6) is 0.807. The van der Waals surface area contributed by atoms with E-state index in [2.05, 4.69) is 11.9 Å². The third kappa shape index (κ3) is 4.45. The normalized spacial score (nSPS) is 11.0. The first-order chi connectivity index (χ1) is 14.2.